The maximum absolute atomic E-state index is 12.7. The molecule has 0 N–H and O–H groups in total. The summed E-state index contributed by atoms with van der Waals surface area (Å²) in [6, 6.07) is 0. The summed E-state index contributed by atoms with van der Waals surface area (Å²) >= 11 is 0. The van der Waals surface area contributed by atoms with Crippen molar-refractivity contribution in [3.8, 4) is 0 Å². The third kappa shape index (κ3) is 2.58. The fourth-order valence-electron chi connectivity index (χ4n) is 0.297. The molecule has 0 fully saturated rings. The zero-order chi connectivity index (χ0) is 10.7. The van der Waals surface area contributed by atoms with Crippen LogP contribution in [-0.2, 0) is 0 Å². The maximum atomic E-state index is 12.7. The monoisotopic (exact) mass is 214 g/mol. The van der Waals surface area contributed by atoms with E-state index in [-0.39, 0.29) is 0 Å². The fraction of sp³-hybridized carbons (Fsp3) is 0. The molecule has 0 aromatic rings. The van der Waals surface area contributed by atoms with Gasteiger partial charge >= 0.3 is 65.9 Å². The van der Waals surface area contributed by atoms with E-state index in [0.717, 1.165) is 0 Å². The zero-order valence-electron chi connectivity index (χ0n) is 5.61. The number of hydrogen-bond donors (Lipinski definition) is 0. The first kappa shape index (κ1) is 11.2. The molecule has 0 rings (SSSR count). The average Bonchev–Trinajstić information content (AvgIpc) is 1.84. The normalized spacial score (nSPS) is 15.0. The van der Waals surface area contributed by atoms with Gasteiger partial charge in [0.1, 0.15) is 0 Å². The molecule has 0 amide bonds. The van der Waals surface area contributed by atoms with Crippen LogP contribution in [0.2, 0.25) is 0 Å². The summed E-state index contributed by atoms with van der Waals surface area (Å²) in [6.07, 6.45) is 0. The fourth-order valence-corrected chi connectivity index (χ4v) is 0.891. The van der Waals surface area contributed by atoms with E-state index < -0.39 is 7.33 Å². The van der Waals surface area contributed by atoms with Crippen LogP contribution in [0.4, 0.5) is 12.6 Å². The number of hydrogen-bond acceptors (Lipinski definition) is 3. The Morgan fingerprint density at radius 1 is 0.769 bits per heavy atom. The molecule has 0 aromatic heterocycles. The summed E-state index contributed by atoms with van der Waals surface area (Å²) in [6.45, 7) is 0. The van der Waals surface area contributed by atoms with Gasteiger partial charge in [-0.05, 0) is 0 Å². The van der Waals surface area contributed by atoms with Gasteiger partial charge in [0.05, 0.1) is 0 Å². The van der Waals surface area contributed by atoms with Gasteiger partial charge in [-0.15, -0.1) is 0 Å². The average molecular weight is 214 g/mol. The summed E-state index contributed by atoms with van der Waals surface area (Å²) in [5.74, 6) is 0. The Kier molecular flexibility index (Phi) is 1.99. The van der Waals surface area contributed by atoms with Gasteiger partial charge in [0.15, 0.2) is 0 Å². The van der Waals surface area contributed by atoms with Gasteiger partial charge in [-0.1, -0.05) is 0 Å². The van der Waals surface area contributed by atoms with Gasteiger partial charge in [-0.25, -0.2) is 0 Å². The molecule has 0 saturated carbocycles. The number of azide groups is 1. The topological polar surface area (TPSA) is 146 Å². The van der Waals surface area contributed by atoms with Crippen LogP contribution in [0.3, 0.4) is 0 Å². The van der Waals surface area contributed by atoms with Crippen LogP contribution in [0.25, 0.3) is 31.3 Å². The predicted molar refractivity (Wildman–Crippen MR) is 37.7 cm³/mol. The molecule has 13 heavy (non-hydrogen) atoms. The van der Waals surface area contributed by atoms with Crippen LogP contribution in [0.1, 0.15) is 0 Å². The molecule has 13 heteroatoms. The first-order valence-corrected chi connectivity index (χ1v) is 4.52. The van der Waals surface area contributed by atoms with Gasteiger partial charge in [0.2, 0.25) is 0 Å². The standard InChI is InChI=1S/F3N9P/c1-13(2,3,10-7-4,11-8-5)12-9-6/q-1. The Morgan fingerprint density at radius 3 is 1.15 bits per heavy atom. The summed E-state index contributed by atoms with van der Waals surface area (Å²) < 4.78 is 38.1. The third-order valence-electron chi connectivity index (χ3n) is 0.664. The second kappa shape index (κ2) is 2.32. The SMILES string of the molecule is [N-]=[N+]=N[P-](F)(F)(F)(N=[N+]=[N-])N=[N+]=[N-]. The molecule has 0 unspecified atom stereocenters. The minimum atomic E-state index is -8.75. The van der Waals surface area contributed by atoms with Gasteiger partial charge < -0.3 is 0 Å². The van der Waals surface area contributed by atoms with Crippen LogP contribution in [0.5, 0.6) is 0 Å². The third-order valence-corrected chi connectivity index (χ3v) is 1.99. The summed E-state index contributed by atoms with van der Waals surface area (Å²) in [5.41, 5.74) is 22.8. The second-order valence-electron chi connectivity index (χ2n) is 1.68. The molecule has 72 valence electrons. The van der Waals surface area contributed by atoms with E-state index in [1.165, 1.54) is 29.4 Å². The second-order valence-corrected chi connectivity index (χ2v) is 4.49. The van der Waals surface area contributed by atoms with E-state index in [0.29, 0.717) is 0 Å². The van der Waals surface area contributed by atoms with Crippen molar-refractivity contribution in [3.05, 3.63) is 31.3 Å². The number of halogens is 3. The van der Waals surface area contributed by atoms with E-state index in [4.69, 9.17) is 16.6 Å². The van der Waals surface area contributed by atoms with Crippen LogP contribution >= 0.6 is 7.33 Å². The predicted octanol–water partition coefficient (Wildman–Crippen LogP) is 4.40. The molecule has 9 nitrogen and oxygen atoms in total. The molecule has 0 aromatic carbocycles. The van der Waals surface area contributed by atoms with E-state index in [1.54, 1.807) is 0 Å². The van der Waals surface area contributed by atoms with Crippen molar-refractivity contribution in [1.82, 2.24) is 0 Å². The van der Waals surface area contributed by atoms with Crippen molar-refractivity contribution < 1.29 is 12.6 Å². The first-order chi connectivity index (χ1) is 5.71. The summed E-state index contributed by atoms with van der Waals surface area (Å²) in [7, 11) is -8.75. The van der Waals surface area contributed by atoms with Crippen molar-refractivity contribution in [3.63, 3.8) is 0 Å². The Morgan fingerprint density at radius 2 is 1.00 bits per heavy atom. The molecule has 0 aliphatic carbocycles. The molecule has 0 saturated heterocycles. The van der Waals surface area contributed by atoms with Crippen molar-refractivity contribution in [2.24, 2.45) is 14.7 Å². The van der Waals surface area contributed by atoms with Gasteiger partial charge in [0.25, 0.3) is 0 Å². The number of nitrogens with zero attached hydrogens (tertiary/aromatic N) is 9. The van der Waals surface area contributed by atoms with Crippen molar-refractivity contribution in [1.29, 1.82) is 0 Å². The van der Waals surface area contributed by atoms with Gasteiger partial charge in [-0.3, -0.25) is 0 Å². The molecule has 0 aliphatic rings. The van der Waals surface area contributed by atoms with Crippen molar-refractivity contribution >= 4 is 7.33 Å². The Bertz CT molecular complexity index is 321. The molecule has 0 atom stereocenters. The minimum absolute atomic E-state index is 1.38. The quantitative estimate of drug-likeness (QED) is 0.283. The molecule has 0 radical (unpaired) electrons. The summed E-state index contributed by atoms with van der Waals surface area (Å²) in [5, 5.41) is 0. The Hall–Kier alpha value is -1.85. The Labute approximate surface area is 67.1 Å². The van der Waals surface area contributed by atoms with Crippen molar-refractivity contribution in [2.45, 2.75) is 0 Å². The molecular formula is F3N9P-. The van der Waals surface area contributed by atoms with Crippen LogP contribution in [0, 0.1) is 0 Å². The molecular weight excluding hydrogens is 214 g/mol. The van der Waals surface area contributed by atoms with E-state index >= 15 is 0 Å². The molecule has 0 spiro atoms. The van der Waals surface area contributed by atoms with Crippen LogP contribution in [0.15, 0.2) is 14.7 Å². The molecule has 0 bridgehead atoms. The number of rotatable bonds is 3. The van der Waals surface area contributed by atoms with Gasteiger partial charge in [-0.2, -0.15) is 0 Å². The van der Waals surface area contributed by atoms with Crippen LogP contribution < -0.4 is 0 Å². The van der Waals surface area contributed by atoms with E-state index in [1.807, 2.05) is 0 Å². The van der Waals surface area contributed by atoms with E-state index in [2.05, 4.69) is 0 Å². The summed E-state index contributed by atoms with van der Waals surface area (Å²) in [4.78, 5) is 8.39. The van der Waals surface area contributed by atoms with Crippen molar-refractivity contribution in [2.75, 3.05) is 0 Å². The first-order valence-electron chi connectivity index (χ1n) is 2.31. The Balaban J connectivity index is 6.10. The zero-order valence-corrected chi connectivity index (χ0v) is 6.50. The molecule has 0 heterocycles. The van der Waals surface area contributed by atoms with Crippen LogP contribution in [-0.4, -0.2) is 0 Å². The van der Waals surface area contributed by atoms with Gasteiger partial charge in [0, 0.05) is 0 Å². The van der Waals surface area contributed by atoms with E-state index in [9.17, 15) is 12.6 Å². The molecule has 0 aliphatic heterocycles.